The molecule has 1 N–H and O–H groups in total. The number of sulfonamides is 1. The van der Waals surface area contributed by atoms with Gasteiger partial charge in [-0.05, 0) is 63.9 Å². The number of rotatable bonds is 7. The van der Waals surface area contributed by atoms with Gasteiger partial charge in [0, 0.05) is 18.2 Å². The van der Waals surface area contributed by atoms with Crippen molar-refractivity contribution in [2.45, 2.75) is 50.1 Å². The maximum Gasteiger partial charge on any atom is 0.331 e. The van der Waals surface area contributed by atoms with Crippen molar-refractivity contribution in [3.8, 4) is 5.75 Å². The maximum atomic E-state index is 12.4. The van der Waals surface area contributed by atoms with Gasteiger partial charge in [-0.1, -0.05) is 6.07 Å². The first kappa shape index (κ1) is 22.9. The van der Waals surface area contributed by atoms with E-state index in [1.165, 1.54) is 32.4 Å². The summed E-state index contributed by atoms with van der Waals surface area (Å²) in [5.74, 6) is -0.697. The number of benzene rings is 1. The Bertz CT molecular complexity index is 871. The van der Waals surface area contributed by atoms with E-state index in [9.17, 15) is 18.0 Å². The van der Waals surface area contributed by atoms with Crippen LogP contribution in [-0.4, -0.2) is 58.0 Å². The van der Waals surface area contributed by atoms with E-state index in [0.717, 1.165) is 25.3 Å². The Kier molecular flexibility index (Phi) is 7.80. The average Bonchev–Trinajstić information content (AvgIpc) is 2.70. The van der Waals surface area contributed by atoms with Crippen LogP contribution in [-0.2, 0) is 24.3 Å². The molecule has 1 aromatic carbocycles. The van der Waals surface area contributed by atoms with Gasteiger partial charge in [0.1, 0.15) is 10.6 Å². The molecule has 160 valence electrons. The standard InChI is InChI=1S/C20H28N2O6S/c1-14-6-5-7-15(2)22(14)19(23)13-28-20(24)11-9-16-8-10-17(27-4)18(12-16)29(25,26)21-3/h8-12,14-15,21H,5-7,13H2,1-4H3/b11-9+/t14-,15+. The zero-order valence-corrected chi connectivity index (χ0v) is 18.0. The first-order valence-corrected chi connectivity index (χ1v) is 11.0. The Morgan fingerprint density at radius 2 is 1.90 bits per heavy atom. The van der Waals surface area contributed by atoms with Gasteiger partial charge in [-0.2, -0.15) is 0 Å². The summed E-state index contributed by atoms with van der Waals surface area (Å²) in [5.41, 5.74) is 0.473. The lowest BCUT2D eigenvalue weighted by Gasteiger charge is -2.38. The Hall–Kier alpha value is -2.39. The third kappa shape index (κ3) is 5.80. The molecule has 2 atom stereocenters. The second kappa shape index (κ2) is 9.89. The highest BCUT2D eigenvalue weighted by Gasteiger charge is 2.29. The lowest BCUT2D eigenvalue weighted by atomic mass is 9.97. The van der Waals surface area contributed by atoms with E-state index in [4.69, 9.17) is 9.47 Å². The minimum atomic E-state index is -3.72. The largest absolute Gasteiger partial charge is 0.495 e. The fraction of sp³-hybridized carbons (Fsp3) is 0.500. The fourth-order valence-corrected chi connectivity index (χ4v) is 4.38. The van der Waals surface area contributed by atoms with Crippen molar-refractivity contribution in [3.63, 3.8) is 0 Å². The number of carbonyl (C=O) groups excluding carboxylic acids is 2. The van der Waals surface area contributed by atoms with Crippen molar-refractivity contribution in [3.05, 3.63) is 29.8 Å². The van der Waals surface area contributed by atoms with Crippen molar-refractivity contribution in [1.29, 1.82) is 0 Å². The third-order valence-corrected chi connectivity index (χ3v) is 6.41. The lowest BCUT2D eigenvalue weighted by molar-refractivity contribution is -0.151. The number of esters is 1. The van der Waals surface area contributed by atoms with E-state index >= 15 is 0 Å². The molecule has 1 saturated heterocycles. The number of hydrogen-bond acceptors (Lipinski definition) is 6. The number of hydrogen-bond donors (Lipinski definition) is 1. The first-order valence-electron chi connectivity index (χ1n) is 9.47. The predicted molar refractivity (Wildman–Crippen MR) is 109 cm³/mol. The molecular formula is C20H28N2O6S. The molecule has 0 bridgehead atoms. The summed E-state index contributed by atoms with van der Waals surface area (Å²) in [5, 5.41) is 0. The molecule has 9 heteroatoms. The van der Waals surface area contributed by atoms with Crippen molar-refractivity contribution < 1.29 is 27.5 Å². The van der Waals surface area contributed by atoms with Crippen LogP contribution in [0.2, 0.25) is 0 Å². The number of nitrogens with zero attached hydrogens (tertiary/aromatic N) is 1. The fourth-order valence-electron chi connectivity index (χ4n) is 3.45. The number of carbonyl (C=O) groups is 2. The SMILES string of the molecule is CNS(=O)(=O)c1cc(/C=C/C(=O)OCC(=O)N2[C@H](C)CCC[C@@H]2C)ccc1OC. The highest BCUT2D eigenvalue weighted by atomic mass is 32.2. The monoisotopic (exact) mass is 424 g/mol. The Morgan fingerprint density at radius 3 is 2.48 bits per heavy atom. The zero-order chi connectivity index (χ0) is 21.6. The number of nitrogens with one attached hydrogen (secondary N) is 1. The van der Waals surface area contributed by atoms with Gasteiger partial charge < -0.3 is 14.4 Å². The topological polar surface area (TPSA) is 102 Å². The summed E-state index contributed by atoms with van der Waals surface area (Å²) in [6.45, 7) is 3.67. The highest BCUT2D eigenvalue weighted by molar-refractivity contribution is 7.89. The molecule has 8 nitrogen and oxygen atoms in total. The van der Waals surface area contributed by atoms with Crippen LogP contribution < -0.4 is 9.46 Å². The molecule has 1 aromatic rings. The van der Waals surface area contributed by atoms with Gasteiger partial charge in [0.2, 0.25) is 10.0 Å². The van der Waals surface area contributed by atoms with E-state index in [0.29, 0.717) is 5.56 Å². The van der Waals surface area contributed by atoms with Crippen LogP contribution in [0.25, 0.3) is 6.08 Å². The molecule has 0 aliphatic carbocycles. The summed E-state index contributed by atoms with van der Waals surface area (Å²) >= 11 is 0. The van der Waals surface area contributed by atoms with Crippen molar-refractivity contribution in [2.75, 3.05) is 20.8 Å². The van der Waals surface area contributed by atoms with Crippen LogP contribution in [0.4, 0.5) is 0 Å². The van der Waals surface area contributed by atoms with Crippen LogP contribution in [0.5, 0.6) is 5.75 Å². The summed E-state index contributed by atoms with van der Waals surface area (Å²) in [6, 6.07) is 4.76. The molecule has 1 heterocycles. The summed E-state index contributed by atoms with van der Waals surface area (Å²) < 4.78 is 36.6. The van der Waals surface area contributed by atoms with Gasteiger partial charge in [-0.25, -0.2) is 17.9 Å². The van der Waals surface area contributed by atoms with Crippen molar-refractivity contribution >= 4 is 28.0 Å². The summed E-state index contributed by atoms with van der Waals surface area (Å²) in [6.07, 6.45) is 5.56. The first-order chi connectivity index (χ1) is 13.7. The number of amides is 1. The molecule has 1 fully saturated rings. The third-order valence-electron chi connectivity index (χ3n) is 4.98. The van der Waals surface area contributed by atoms with Gasteiger partial charge in [0.05, 0.1) is 7.11 Å². The van der Waals surface area contributed by atoms with Gasteiger partial charge in [0.25, 0.3) is 5.91 Å². The minimum Gasteiger partial charge on any atom is -0.495 e. The highest BCUT2D eigenvalue weighted by Crippen LogP contribution is 2.25. The van der Waals surface area contributed by atoms with Crippen LogP contribution in [0.15, 0.2) is 29.2 Å². The van der Waals surface area contributed by atoms with Gasteiger partial charge in [-0.15, -0.1) is 0 Å². The normalized spacial score (nSPS) is 19.9. The van der Waals surface area contributed by atoms with Crippen molar-refractivity contribution in [1.82, 2.24) is 9.62 Å². The number of likely N-dealkylation sites (tertiary alicyclic amines) is 1. The molecule has 0 saturated carbocycles. The molecule has 29 heavy (non-hydrogen) atoms. The van der Waals surface area contributed by atoms with E-state index in [1.54, 1.807) is 11.0 Å². The number of ether oxygens (including phenoxy) is 2. The van der Waals surface area contributed by atoms with Gasteiger partial charge in [-0.3, -0.25) is 4.79 Å². The second-order valence-corrected chi connectivity index (χ2v) is 8.84. The van der Waals surface area contributed by atoms with E-state index in [1.807, 2.05) is 13.8 Å². The quantitative estimate of drug-likeness (QED) is 0.530. The molecule has 0 spiro atoms. The Morgan fingerprint density at radius 1 is 1.24 bits per heavy atom. The Balaban J connectivity index is 2.02. The van der Waals surface area contributed by atoms with Gasteiger partial charge in [0.15, 0.2) is 6.61 Å². The molecule has 1 aliphatic rings. The molecule has 1 aliphatic heterocycles. The molecule has 1 amide bonds. The maximum absolute atomic E-state index is 12.4. The van der Waals surface area contributed by atoms with Crippen molar-refractivity contribution in [2.24, 2.45) is 0 Å². The van der Waals surface area contributed by atoms with E-state index in [-0.39, 0.29) is 35.2 Å². The molecule has 0 aromatic heterocycles. The summed E-state index contributed by atoms with van der Waals surface area (Å²) in [7, 11) is -1.05. The van der Waals surface area contributed by atoms with Gasteiger partial charge >= 0.3 is 5.97 Å². The second-order valence-electron chi connectivity index (χ2n) is 6.99. The minimum absolute atomic E-state index is 0.0405. The smallest absolute Gasteiger partial charge is 0.331 e. The molecule has 0 radical (unpaired) electrons. The molecule has 2 rings (SSSR count). The average molecular weight is 425 g/mol. The van der Waals surface area contributed by atoms with E-state index < -0.39 is 16.0 Å². The number of piperidine rings is 1. The Labute approximate surface area is 171 Å². The van der Waals surface area contributed by atoms with E-state index in [2.05, 4.69) is 4.72 Å². The van der Waals surface area contributed by atoms with Crippen LogP contribution >= 0.6 is 0 Å². The zero-order valence-electron chi connectivity index (χ0n) is 17.2. The molecular weight excluding hydrogens is 396 g/mol. The van der Waals surface area contributed by atoms with Crippen LogP contribution in [0, 0.1) is 0 Å². The lowest BCUT2D eigenvalue weighted by Crippen LogP contribution is -2.49. The van der Waals surface area contributed by atoms with Crippen LogP contribution in [0.1, 0.15) is 38.7 Å². The molecule has 0 unspecified atom stereocenters. The predicted octanol–water partition coefficient (Wildman–Crippen LogP) is 1.95. The van der Waals surface area contributed by atoms with Crippen LogP contribution in [0.3, 0.4) is 0 Å². The number of methoxy groups -OCH3 is 1. The summed E-state index contributed by atoms with van der Waals surface area (Å²) in [4.78, 5) is 26.1.